The van der Waals surface area contributed by atoms with Gasteiger partial charge in [0.2, 0.25) is 5.06 Å². The van der Waals surface area contributed by atoms with Gasteiger partial charge in [0.15, 0.2) is 0 Å². The number of carbonyl (C=O) groups excluding carboxylic acids is 1. The average Bonchev–Trinajstić information content (AvgIpc) is 3.04. The zero-order chi connectivity index (χ0) is 20.1. The summed E-state index contributed by atoms with van der Waals surface area (Å²) in [4.78, 5) is 19.0. The molecule has 6 nitrogen and oxygen atoms in total. The summed E-state index contributed by atoms with van der Waals surface area (Å²) in [6.45, 7) is 7.84. The lowest BCUT2D eigenvalue weighted by atomic mass is 10.1. The van der Waals surface area contributed by atoms with Crippen molar-refractivity contribution >= 4 is 41.1 Å². The second kappa shape index (κ2) is 9.39. The maximum Gasteiger partial charge on any atom is 0.344 e. The largest absolute Gasteiger partial charge is 0.462 e. The molecular formula is C20H24ClN3O3S. The van der Waals surface area contributed by atoms with Crippen LogP contribution >= 0.6 is 23.1 Å². The Labute approximate surface area is 174 Å². The SMILES string of the molecule is CCOC(=O)c1c(C)nsc1Oc1cc(C)c(N=CN2CCCCC2)cc1Cl. The lowest BCUT2D eigenvalue weighted by molar-refractivity contribution is 0.0523. The fourth-order valence-corrected chi connectivity index (χ4v) is 3.95. The van der Waals surface area contributed by atoms with Crippen molar-refractivity contribution in [3.63, 3.8) is 0 Å². The zero-order valence-corrected chi connectivity index (χ0v) is 17.9. The highest BCUT2D eigenvalue weighted by atomic mass is 35.5. The van der Waals surface area contributed by atoms with E-state index < -0.39 is 5.97 Å². The Morgan fingerprint density at radius 2 is 2.07 bits per heavy atom. The molecule has 1 aliphatic rings. The Morgan fingerprint density at radius 3 is 2.79 bits per heavy atom. The summed E-state index contributed by atoms with van der Waals surface area (Å²) in [7, 11) is 0. The summed E-state index contributed by atoms with van der Waals surface area (Å²) < 4.78 is 15.2. The Balaban J connectivity index is 1.80. The Bertz CT molecular complexity index is 876. The van der Waals surface area contributed by atoms with Crippen LogP contribution in [0.1, 0.15) is 47.8 Å². The number of halogens is 1. The Hall–Kier alpha value is -2.12. The van der Waals surface area contributed by atoms with Gasteiger partial charge in [0.25, 0.3) is 0 Å². The first-order chi connectivity index (χ1) is 13.5. The van der Waals surface area contributed by atoms with Crippen molar-refractivity contribution in [3.8, 4) is 10.8 Å². The van der Waals surface area contributed by atoms with Crippen molar-refractivity contribution in [1.82, 2.24) is 9.27 Å². The minimum absolute atomic E-state index is 0.289. The van der Waals surface area contributed by atoms with Crippen LogP contribution in [-0.4, -0.2) is 41.3 Å². The molecule has 0 bridgehead atoms. The molecule has 0 radical (unpaired) electrons. The molecule has 150 valence electrons. The number of likely N-dealkylation sites (tertiary alicyclic amines) is 1. The second-order valence-electron chi connectivity index (χ2n) is 6.66. The van der Waals surface area contributed by atoms with Gasteiger partial charge in [0.05, 0.1) is 29.3 Å². The van der Waals surface area contributed by atoms with E-state index in [4.69, 9.17) is 21.1 Å². The standard InChI is InChI=1S/C20H24ClN3O3S/c1-4-26-19(25)18-14(3)23-28-20(18)27-17-10-13(2)16(11-15(17)21)22-12-24-8-6-5-7-9-24/h10-12H,4-9H2,1-3H3. The van der Waals surface area contributed by atoms with Crippen LogP contribution in [0.25, 0.3) is 0 Å². The molecule has 2 heterocycles. The van der Waals surface area contributed by atoms with Crippen LogP contribution in [0, 0.1) is 13.8 Å². The van der Waals surface area contributed by atoms with Crippen LogP contribution in [0.2, 0.25) is 5.02 Å². The fourth-order valence-electron chi connectivity index (χ4n) is 2.99. The van der Waals surface area contributed by atoms with Gasteiger partial charge in [-0.1, -0.05) is 11.6 Å². The number of esters is 1. The number of piperidine rings is 1. The molecule has 0 aliphatic carbocycles. The highest BCUT2D eigenvalue weighted by Gasteiger charge is 2.22. The third-order valence-electron chi connectivity index (χ3n) is 4.51. The lowest BCUT2D eigenvalue weighted by Gasteiger charge is -2.23. The smallest absolute Gasteiger partial charge is 0.344 e. The van der Waals surface area contributed by atoms with Crippen molar-refractivity contribution in [2.24, 2.45) is 4.99 Å². The highest BCUT2D eigenvalue weighted by molar-refractivity contribution is 7.08. The average molecular weight is 422 g/mol. The van der Waals surface area contributed by atoms with E-state index in [0.29, 0.717) is 27.1 Å². The van der Waals surface area contributed by atoms with Crippen LogP contribution in [0.3, 0.4) is 0 Å². The summed E-state index contributed by atoms with van der Waals surface area (Å²) >= 11 is 7.53. The van der Waals surface area contributed by atoms with Crippen LogP contribution in [-0.2, 0) is 4.74 Å². The summed E-state index contributed by atoms with van der Waals surface area (Å²) in [5.74, 6) is 0.0182. The Kier molecular flexibility index (Phi) is 6.91. The van der Waals surface area contributed by atoms with Gasteiger partial charge in [0, 0.05) is 24.6 Å². The molecule has 1 aliphatic heterocycles. The van der Waals surface area contributed by atoms with E-state index in [1.54, 1.807) is 19.9 Å². The van der Waals surface area contributed by atoms with E-state index in [2.05, 4.69) is 14.3 Å². The summed E-state index contributed by atoms with van der Waals surface area (Å²) in [6.07, 6.45) is 5.58. The quantitative estimate of drug-likeness (QED) is 0.348. The number of ether oxygens (including phenoxy) is 2. The van der Waals surface area contributed by atoms with Crippen LogP contribution in [0.5, 0.6) is 10.8 Å². The molecule has 0 amide bonds. The molecule has 2 aromatic rings. The number of aryl methyl sites for hydroxylation is 2. The van der Waals surface area contributed by atoms with Crippen molar-refractivity contribution in [1.29, 1.82) is 0 Å². The van der Waals surface area contributed by atoms with Gasteiger partial charge in [-0.05, 0) is 57.7 Å². The molecule has 0 atom stereocenters. The first-order valence-electron chi connectivity index (χ1n) is 9.39. The van der Waals surface area contributed by atoms with Gasteiger partial charge in [0.1, 0.15) is 11.3 Å². The van der Waals surface area contributed by atoms with Crippen molar-refractivity contribution in [2.45, 2.75) is 40.0 Å². The van der Waals surface area contributed by atoms with Crippen LogP contribution in [0.15, 0.2) is 17.1 Å². The molecule has 0 spiro atoms. The third kappa shape index (κ3) is 4.83. The topological polar surface area (TPSA) is 64.0 Å². The van der Waals surface area contributed by atoms with E-state index in [-0.39, 0.29) is 6.61 Å². The fraction of sp³-hybridized carbons (Fsp3) is 0.450. The Morgan fingerprint density at radius 1 is 1.32 bits per heavy atom. The number of nitrogens with zero attached hydrogens (tertiary/aromatic N) is 3. The van der Waals surface area contributed by atoms with E-state index in [1.165, 1.54) is 19.3 Å². The molecule has 3 rings (SSSR count). The number of carbonyl (C=O) groups is 1. The summed E-state index contributed by atoms with van der Waals surface area (Å²) in [6, 6.07) is 3.61. The molecule has 1 fully saturated rings. The number of hydrogen-bond donors (Lipinski definition) is 0. The number of benzene rings is 1. The first-order valence-corrected chi connectivity index (χ1v) is 10.5. The first kappa shape index (κ1) is 20.6. The summed E-state index contributed by atoms with van der Waals surface area (Å²) in [5, 5.41) is 0.805. The number of rotatable bonds is 6. The zero-order valence-electron chi connectivity index (χ0n) is 16.3. The van der Waals surface area contributed by atoms with Gasteiger partial charge in [-0.2, -0.15) is 4.37 Å². The normalized spacial score (nSPS) is 14.5. The maximum absolute atomic E-state index is 12.2. The molecular weight excluding hydrogens is 398 g/mol. The van der Waals surface area contributed by atoms with Gasteiger partial charge in [-0.15, -0.1) is 0 Å². The second-order valence-corrected chi connectivity index (χ2v) is 7.81. The number of aromatic nitrogens is 1. The molecule has 28 heavy (non-hydrogen) atoms. The maximum atomic E-state index is 12.2. The minimum Gasteiger partial charge on any atom is -0.462 e. The van der Waals surface area contributed by atoms with E-state index in [9.17, 15) is 4.79 Å². The molecule has 0 saturated carbocycles. The van der Waals surface area contributed by atoms with Gasteiger partial charge in [-0.25, -0.2) is 9.79 Å². The molecule has 0 unspecified atom stereocenters. The number of hydrogen-bond acceptors (Lipinski definition) is 6. The number of aliphatic imine (C=N–C) groups is 1. The molecule has 1 aromatic carbocycles. The predicted octanol–water partition coefficient (Wildman–Crippen LogP) is 5.53. The van der Waals surface area contributed by atoms with E-state index in [1.807, 2.05) is 19.3 Å². The van der Waals surface area contributed by atoms with Crippen LogP contribution in [0.4, 0.5) is 5.69 Å². The van der Waals surface area contributed by atoms with E-state index in [0.717, 1.165) is 35.9 Å². The molecule has 8 heteroatoms. The van der Waals surface area contributed by atoms with Gasteiger partial charge >= 0.3 is 5.97 Å². The third-order valence-corrected chi connectivity index (χ3v) is 5.63. The highest BCUT2D eigenvalue weighted by Crippen LogP contribution is 2.38. The van der Waals surface area contributed by atoms with Crippen LogP contribution < -0.4 is 4.74 Å². The van der Waals surface area contributed by atoms with Gasteiger partial charge < -0.3 is 14.4 Å². The lowest BCUT2D eigenvalue weighted by Crippen LogP contribution is -2.28. The van der Waals surface area contributed by atoms with Gasteiger partial charge in [-0.3, -0.25) is 0 Å². The minimum atomic E-state index is -0.445. The van der Waals surface area contributed by atoms with Crippen molar-refractivity contribution < 1.29 is 14.3 Å². The monoisotopic (exact) mass is 421 g/mol. The molecule has 0 N–H and O–H groups in total. The van der Waals surface area contributed by atoms with E-state index >= 15 is 0 Å². The molecule has 1 aromatic heterocycles. The van der Waals surface area contributed by atoms with Crippen molar-refractivity contribution in [3.05, 3.63) is 34.0 Å². The molecule has 1 saturated heterocycles. The van der Waals surface area contributed by atoms with Crippen molar-refractivity contribution in [2.75, 3.05) is 19.7 Å². The summed E-state index contributed by atoms with van der Waals surface area (Å²) in [5.41, 5.74) is 2.66. The predicted molar refractivity (Wildman–Crippen MR) is 113 cm³/mol.